The highest BCUT2D eigenvalue weighted by Gasteiger charge is 2.36. The minimum Gasteiger partial charge on any atom is -0.337 e. The van der Waals surface area contributed by atoms with Crippen molar-refractivity contribution >= 4 is 0 Å². The van der Waals surface area contributed by atoms with Crippen LogP contribution in [0.2, 0.25) is 0 Å². The summed E-state index contributed by atoms with van der Waals surface area (Å²) in [6.07, 6.45) is 9.58. The summed E-state index contributed by atoms with van der Waals surface area (Å²) in [4.78, 5) is 8.79. The zero-order valence-corrected chi connectivity index (χ0v) is 14.9. The van der Waals surface area contributed by atoms with Crippen molar-refractivity contribution in [3.63, 3.8) is 0 Å². The van der Waals surface area contributed by atoms with Crippen molar-refractivity contribution in [1.82, 2.24) is 25.8 Å². The van der Waals surface area contributed by atoms with Gasteiger partial charge in [-0.05, 0) is 76.1 Å². The van der Waals surface area contributed by atoms with E-state index in [1.165, 1.54) is 51.6 Å². The van der Waals surface area contributed by atoms with E-state index in [2.05, 4.69) is 32.7 Å². The molecule has 1 aliphatic carbocycles. The molecule has 6 nitrogen and oxygen atoms in total. The highest BCUT2D eigenvalue weighted by Crippen LogP contribution is 2.43. The van der Waals surface area contributed by atoms with Crippen molar-refractivity contribution in [2.75, 3.05) is 13.1 Å². The molecule has 1 spiro atoms. The van der Waals surface area contributed by atoms with Crippen LogP contribution in [-0.4, -0.2) is 34.3 Å². The van der Waals surface area contributed by atoms with E-state index in [-0.39, 0.29) is 6.04 Å². The summed E-state index contributed by atoms with van der Waals surface area (Å²) in [6.45, 7) is 4.48. The fraction of sp³-hybridized carbons (Fsp3) is 0.632. The lowest BCUT2D eigenvalue weighted by atomic mass is 9.67. The Morgan fingerprint density at radius 3 is 2.72 bits per heavy atom. The third kappa shape index (κ3) is 3.75. The predicted octanol–water partition coefficient (Wildman–Crippen LogP) is 3.09. The molecule has 1 saturated carbocycles. The van der Waals surface area contributed by atoms with Crippen LogP contribution in [0.25, 0.3) is 11.5 Å². The first-order chi connectivity index (χ1) is 12.2. The number of hydrogen-bond acceptors (Lipinski definition) is 6. The molecule has 0 radical (unpaired) electrons. The minimum absolute atomic E-state index is 0.0667. The van der Waals surface area contributed by atoms with Crippen LogP contribution in [0.5, 0.6) is 0 Å². The van der Waals surface area contributed by atoms with E-state index in [9.17, 15) is 0 Å². The first-order valence-corrected chi connectivity index (χ1v) is 9.46. The molecule has 0 amide bonds. The molecule has 2 aliphatic rings. The summed E-state index contributed by atoms with van der Waals surface area (Å²) < 4.78 is 5.46. The number of aromatic nitrogens is 3. The van der Waals surface area contributed by atoms with Crippen molar-refractivity contribution < 1.29 is 4.52 Å². The van der Waals surface area contributed by atoms with Gasteiger partial charge >= 0.3 is 0 Å². The Morgan fingerprint density at radius 2 is 2.00 bits per heavy atom. The Morgan fingerprint density at radius 1 is 1.20 bits per heavy atom. The maximum Gasteiger partial charge on any atom is 0.243 e. The maximum atomic E-state index is 5.46. The molecule has 2 aromatic rings. The van der Waals surface area contributed by atoms with E-state index in [4.69, 9.17) is 4.52 Å². The third-order valence-electron chi connectivity index (χ3n) is 5.90. The van der Waals surface area contributed by atoms with Crippen molar-refractivity contribution in [2.24, 2.45) is 5.41 Å². The molecule has 4 rings (SSSR count). The van der Waals surface area contributed by atoms with Gasteiger partial charge in [-0.3, -0.25) is 4.98 Å². The van der Waals surface area contributed by atoms with Gasteiger partial charge in [0.05, 0.1) is 6.04 Å². The van der Waals surface area contributed by atoms with Gasteiger partial charge in [0.1, 0.15) is 5.69 Å². The Kier molecular flexibility index (Phi) is 4.81. The highest BCUT2D eigenvalue weighted by molar-refractivity contribution is 5.47. The molecule has 2 aromatic heterocycles. The van der Waals surface area contributed by atoms with E-state index in [0.29, 0.717) is 23.2 Å². The first-order valence-electron chi connectivity index (χ1n) is 9.46. The van der Waals surface area contributed by atoms with Crippen molar-refractivity contribution in [3.05, 3.63) is 30.3 Å². The maximum absolute atomic E-state index is 5.46. The number of piperidine rings is 1. The van der Waals surface area contributed by atoms with E-state index in [0.717, 1.165) is 5.69 Å². The van der Waals surface area contributed by atoms with Crippen LogP contribution in [0, 0.1) is 5.41 Å². The van der Waals surface area contributed by atoms with Gasteiger partial charge in [-0.15, -0.1) is 0 Å². The van der Waals surface area contributed by atoms with Gasteiger partial charge in [0, 0.05) is 12.2 Å². The van der Waals surface area contributed by atoms with Gasteiger partial charge < -0.3 is 15.2 Å². The Balaban J connectivity index is 1.34. The standard InChI is InChI=1S/C19H27N5O/c1-14(18-23-17(24-25-18)16-4-2-3-11-21-16)22-15-5-7-19(8-6-15)9-12-20-13-10-19/h2-4,11,14-15,20,22H,5-10,12-13H2,1H3/t14-/m1/s1. The topological polar surface area (TPSA) is 75.9 Å². The summed E-state index contributed by atoms with van der Waals surface area (Å²) >= 11 is 0. The number of pyridine rings is 1. The molecular formula is C19H27N5O. The molecule has 6 heteroatoms. The molecule has 1 saturated heterocycles. The van der Waals surface area contributed by atoms with Gasteiger partial charge in [0.15, 0.2) is 0 Å². The second-order valence-corrected chi connectivity index (χ2v) is 7.58. The molecule has 1 atom stereocenters. The molecule has 0 aromatic carbocycles. The highest BCUT2D eigenvalue weighted by atomic mass is 16.5. The van der Waals surface area contributed by atoms with Crippen LogP contribution in [0.15, 0.2) is 28.9 Å². The summed E-state index contributed by atoms with van der Waals surface area (Å²) in [7, 11) is 0. The van der Waals surface area contributed by atoms with Gasteiger partial charge in [-0.2, -0.15) is 4.98 Å². The Bertz CT molecular complexity index is 670. The normalized spacial score (nSPS) is 22.1. The molecular weight excluding hydrogens is 314 g/mol. The monoisotopic (exact) mass is 341 g/mol. The van der Waals surface area contributed by atoms with Crippen LogP contribution < -0.4 is 10.6 Å². The lowest BCUT2D eigenvalue weighted by molar-refractivity contribution is 0.111. The zero-order valence-electron chi connectivity index (χ0n) is 14.9. The molecule has 3 heterocycles. The van der Waals surface area contributed by atoms with Crippen molar-refractivity contribution in [2.45, 2.75) is 57.5 Å². The second kappa shape index (κ2) is 7.22. The molecule has 2 N–H and O–H groups in total. The fourth-order valence-corrected chi connectivity index (χ4v) is 4.29. The Hall–Kier alpha value is -1.79. The van der Waals surface area contributed by atoms with Gasteiger partial charge in [-0.25, -0.2) is 0 Å². The molecule has 134 valence electrons. The molecule has 25 heavy (non-hydrogen) atoms. The first kappa shape index (κ1) is 16.7. The van der Waals surface area contributed by atoms with E-state index in [1.807, 2.05) is 18.2 Å². The number of hydrogen-bond donors (Lipinski definition) is 2. The van der Waals surface area contributed by atoms with Gasteiger partial charge in [0.25, 0.3) is 0 Å². The summed E-state index contributed by atoms with van der Waals surface area (Å²) in [6, 6.07) is 6.32. The largest absolute Gasteiger partial charge is 0.337 e. The predicted molar refractivity (Wildman–Crippen MR) is 95.9 cm³/mol. The quantitative estimate of drug-likeness (QED) is 0.890. The smallest absolute Gasteiger partial charge is 0.243 e. The average molecular weight is 341 g/mol. The van der Waals surface area contributed by atoms with E-state index in [1.54, 1.807) is 6.20 Å². The average Bonchev–Trinajstić information content (AvgIpc) is 3.16. The molecule has 2 fully saturated rings. The lowest BCUT2D eigenvalue weighted by Gasteiger charge is -2.43. The second-order valence-electron chi connectivity index (χ2n) is 7.58. The molecule has 0 unspecified atom stereocenters. The van der Waals surface area contributed by atoms with E-state index >= 15 is 0 Å². The summed E-state index contributed by atoms with van der Waals surface area (Å²) in [5.41, 5.74) is 1.35. The van der Waals surface area contributed by atoms with Crippen LogP contribution in [0.1, 0.15) is 57.4 Å². The number of nitrogens with one attached hydrogen (secondary N) is 2. The van der Waals surface area contributed by atoms with Crippen LogP contribution in [0.4, 0.5) is 0 Å². The zero-order chi connectivity index (χ0) is 17.1. The van der Waals surface area contributed by atoms with Crippen molar-refractivity contribution in [1.29, 1.82) is 0 Å². The number of rotatable bonds is 4. The lowest BCUT2D eigenvalue weighted by Crippen LogP contribution is -2.43. The van der Waals surface area contributed by atoms with Crippen molar-refractivity contribution in [3.8, 4) is 11.5 Å². The fourth-order valence-electron chi connectivity index (χ4n) is 4.29. The molecule has 0 bridgehead atoms. The van der Waals surface area contributed by atoms with Gasteiger partial charge in [-0.1, -0.05) is 11.2 Å². The number of nitrogens with zero attached hydrogens (tertiary/aromatic N) is 3. The van der Waals surface area contributed by atoms with Crippen LogP contribution >= 0.6 is 0 Å². The molecule has 1 aliphatic heterocycles. The summed E-state index contributed by atoms with van der Waals surface area (Å²) in [5.74, 6) is 1.20. The Labute approximate surface area is 148 Å². The SMILES string of the molecule is C[C@@H](NC1CCC2(CCNCC2)CC1)c1nc(-c2ccccn2)no1. The van der Waals surface area contributed by atoms with Gasteiger partial charge in [0.2, 0.25) is 11.7 Å². The summed E-state index contributed by atoms with van der Waals surface area (Å²) in [5, 5.41) is 11.3. The van der Waals surface area contributed by atoms with E-state index < -0.39 is 0 Å². The minimum atomic E-state index is 0.0667. The third-order valence-corrected chi connectivity index (χ3v) is 5.90. The van der Waals surface area contributed by atoms with Crippen LogP contribution in [0.3, 0.4) is 0 Å². The van der Waals surface area contributed by atoms with Crippen LogP contribution in [-0.2, 0) is 0 Å².